The highest BCUT2D eigenvalue weighted by Crippen LogP contribution is 2.41. The van der Waals surface area contributed by atoms with Crippen molar-refractivity contribution in [3.05, 3.63) is 23.8 Å². The summed E-state index contributed by atoms with van der Waals surface area (Å²) in [5.74, 6) is 0.909. The molecule has 1 fully saturated rings. The Morgan fingerprint density at radius 1 is 1.53 bits per heavy atom. The fourth-order valence-electron chi connectivity index (χ4n) is 2.97. The predicted molar refractivity (Wildman–Crippen MR) is 69.7 cm³/mol. The van der Waals surface area contributed by atoms with Crippen LogP contribution in [0.2, 0.25) is 0 Å². The molecule has 0 saturated carbocycles. The molecule has 2 heteroatoms. The largest absolute Gasteiger partial charge is 0.390 e. The third-order valence-electron chi connectivity index (χ3n) is 3.90. The normalized spacial score (nSPS) is 34.8. The molecule has 1 aliphatic heterocycles. The zero-order chi connectivity index (χ0) is 12.6. The average molecular weight is 236 g/mol. The van der Waals surface area contributed by atoms with Crippen LogP contribution < -0.4 is 0 Å². The van der Waals surface area contributed by atoms with Crippen LogP contribution in [0.3, 0.4) is 0 Å². The summed E-state index contributed by atoms with van der Waals surface area (Å²) in [6.45, 7) is 10.6. The van der Waals surface area contributed by atoms with Crippen molar-refractivity contribution in [3.8, 4) is 0 Å². The predicted octanol–water partition coefficient (Wildman–Crippen LogP) is 3.07. The lowest BCUT2D eigenvalue weighted by atomic mass is 9.82. The van der Waals surface area contributed by atoms with E-state index in [0.717, 1.165) is 24.8 Å². The lowest BCUT2D eigenvalue weighted by Gasteiger charge is -2.21. The number of hydrogen-bond acceptors (Lipinski definition) is 2. The van der Waals surface area contributed by atoms with E-state index in [4.69, 9.17) is 4.74 Å². The van der Waals surface area contributed by atoms with Crippen LogP contribution in [0.25, 0.3) is 0 Å². The molecule has 0 unspecified atom stereocenters. The zero-order valence-electron chi connectivity index (χ0n) is 11.1. The van der Waals surface area contributed by atoms with Crippen LogP contribution in [0.4, 0.5) is 0 Å². The van der Waals surface area contributed by atoms with Gasteiger partial charge in [0.1, 0.15) is 6.10 Å². The van der Waals surface area contributed by atoms with Crippen molar-refractivity contribution in [2.24, 2.45) is 11.8 Å². The van der Waals surface area contributed by atoms with Crippen LogP contribution in [-0.4, -0.2) is 23.4 Å². The highest BCUT2D eigenvalue weighted by molar-refractivity contribution is 5.24. The van der Waals surface area contributed by atoms with Crippen molar-refractivity contribution >= 4 is 0 Å². The highest BCUT2D eigenvalue weighted by atomic mass is 16.5. The van der Waals surface area contributed by atoms with Gasteiger partial charge in [-0.25, -0.2) is 0 Å². The Kier molecular flexibility index (Phi) is 3.74. The maximum atomic E-state index is 10.2. The van der Waals surface area contributed by atoms with Gasteiger partial charge in [0.25, 0.3) is 0 Å². The molecule has 2 nitrogen and oxygen atoms in total. The lowest BCUT2D eigenvalue weighted by Crippen LogP contribution is -2.28. The van der Waals surface area contributed by atoms with Gasteiger partial charge in [0.15, 0.2) is 0 Å². The minimum absolute atomic E-state index is 0.156. The van der Waals surface area contributed by atoms with Crippen LogP contribution >= 0.6 is 0 Å². The van der Waals surface area contributed by atoms with Gasteiger partial charge in [-0.05, 0) is 37.7 Å². The molecule has 17 heavy (non-hydrogen) atoms. The van der Waals surface area contributed by atoms with E-state index >= 15 is 0 Å². The summed E-state index contributed by atoms with van der Waals surface area (Å²) in [6.07, 6.45) is 4.85. The summed E-state index contributed by atoms with van der Waals surface area (Å²) in [5, 5.41) is 10.2. The molecular formula is C15H24O2. The molecule has 0 aromatic heterocycles. The Morgan fingerprint density at radius 2 is 2.24 bits per heavy atom. The first-order valence-corrected chi connectivity index (χ1v) is 6.68. The van der Waals surface area contributed by atoms with E-state index in [9.17, 15) is 5.11 Å². The maximum absolute atomic E-state index is 10.2. The summed E-state index contributed by atoms with van der Waals surface area (Å²) in [6, 6.07) is 0. The summed E-state index contributed by atoms with van der Waals surface area (Å²) < 4.78 is 5.98. The summed E-state index contributed by atoms with van der Waals surface area (Å²) >= 11 is 0. The van der Waals surface area contributed by atoms with Gasteiger partial charge in [0.2, 0.25) is 0 Å². The van der Waals surface area contributed by atoms with E-state index in [0.29, 0.717) is 11.8 Å². The molecule has 1 aliphatic carbocycles. The second kappa shape index (κ2) is 4.95. The number of rotatable bonds is 3. The summed E-state index contributed by atoms with van der Waals surface area (Å²) in [5.41, 5.74) is 2.50. The Morgan fingerprint density at radius 3 is 2.88 bits per heavy atom. The zero-order valence-corrected chi connectivity index (χ0v) is 11.1. The first-order chi connectivity index (χ1) is 7.99. The smallest absolute Gasteiger partial charge is 0.105 e. The van der Waals surface area contributed by atoms with Crippen LogP contribution in [0.1, 0.15) is 40.0 Å². The minimum Gasteiger partial charge on any atom is -0.390 e. The quantitative estimate of drug-likeness (QED) is 0.763. The van der Waals surface area contributed by atoms with Crippen molar-refractivity contribution in [2.75, 3.05) is 0 Å². The summed E-state index contributed by atoms with van der Waals surface area (Å²) in [7, 11) is 0. The monoisotopic (exact) mass is 236 g/mol. The van der Waals surface area contributed by atoms with E-state index in [1.165, 1.54) is 5.57 Å². The second-order valence-electron chi connectivity index (χ2n) is 5.95. The first-order valence-electron chi connectivity index (χ1n) is 6.68. The number of hydrogen-bond donors (Lipinski definition) is 1. The fourth-order valence-corrected chi connectivity index (χ4v) is 2.97. The van der Waals surface area contributed by atoms with Crippen LogP contribution in [0.15, 0.2) is 23.8 Å². The van der Waals surface area contributed by atoms with Gasteiger partial charge in [-0.15, -0.1) is 0 Å². The molecule has 0 spiro atoms. The Bertz CT molecular complexity index is 330. The SMILES string of the molecule is C=C1[C@H]([C@@H](O)CC(C)C)O[C@H]2C=C(C)CC[C@@H]12. The van der Waals surface area contributed by atoms with Crippen molar-refractivity contribution in [1.29, 1.82) is 0 Å². The molecule has 0 aromatic carbocycles. The topological polar surface area (TPSA) is 29.5 Å². The van der Waals surface area contributed by atoms with Gasteiger partial charge in [-0.2, -0.15) is 0 Å². The first kappa shape index (κ1) is 12.8. The fraction of sp³-hybridized carbons (Fsp3) is 0.733. The van der Waals surface area contributed by atoms with E-state index in [1.54, 1.807) is 0 Å². The third kappa shape index (κ3) is 2.63. The van der Waals surface area contributed by atoms with Crippen LogP contribution in [0.5, 0.6) is 0 Å². The molecule has 1 saturated heterocycles. The Balaban J connectivity index is 2.06. The van der Waals surface area contributed by atoms with Crippen molar-refractivity contribution in [2.45, 2.75) is 58.3 Å². The standard InChI is InChI=1S/C15H24O2/c1-9(2)7-13(16)15-11(4)12-6-5-10(3)8-14(12)17-15/h8-9,12-16H,4-7H2,1-3H3/t12-,13-,14-,15+/m0/s1. The third-order valence-corrected chi connectivity index (χ3v) is 3.90. The molecule has 0 bridgehead atoms. The van der Waals surface area contributed by atoms with Gasteiger partial charge >= 0.3 is 0 Å². The van der Waals surface area contributed by atoms with E-state index in [-0.39, 0.29) is 12.2 Å². The molecule has 2 aliphatic rings. The summed E-state index contributed by atoms with van der Waals surface area (Å²) in [4.78, 5) is 0. The van der Waals surface area contributed by atoms with Crippen molar-refractivity contribution < 1.29 is 9.84 Å². The minimum atomic E-state index is -0.401. The van der Waals surface area contributed by atoms with Crippen molar-refractivity contribution in [3.63, 3.8) is 0 Å². The van der Waals surface area contributed by atoms with E-state index < -0.39 is 6.10 Å². The molecule has 96 valence electrons. The second-order valence-corrected chi connectivity index (χ2v) is 5.95. The van der Waals surface area contributed by atoms with Gasteiger partial charge in [-0.1, -0.05) is 32.1 Å². The molecule has 1 heterocycles. The number of allylic oxidation sites excluding steroid dienone is 1. The van der Waals surface area contributed by atoms with Crippen LogP contribution in [0, 0.1) is 11.8 Å². The van der Waals surface area contributed by atoms with E-state index in [1.807, 2.05) is 0 Å². The van der Waals surface area contributed by atoms with Gasteiger partial charge in [0, 0.05) is 5.92 Å². The Hall–Kier alpha value is -0.600. The van der Waals surface area contributed by atoms with E-state index in [2.05, 4.69) is 33.4 Å². The van der Waals surface area contributed by atoms with Gasteiger partial charge in [-0.3, -0.25) is 0 Å². The molecule has 1 N–H and O–H groups in total. The number of aliphatic hydroxyl groups is 1. The number of fused-ring (bicyclic) bond motifs is 1. The van der Waals surface area contributed by atoms with Gasteiger partial charge < -0.3 is 9.84 Å². The molecular weight excluding hydrogens is 212 g/mol. The van der Waals surface area contributed by atoms with Gasteiger partial charge in [0.05, 0.1) is 12.2 Å². The Labute approximate surface area is 104 Å². The number of ether oxygens (including phenoxy) is 1. The van der Waals surface area contributed by atoms with Crippen molar-refractivity contribution in [1.82, 2.24) is 0 Å². The lowest BCUT2D eigenvalue weighted by molar-refractivity contribution is -0.0226. The maximum Gasteiger partial charge on any atom is 0.105 e. The molecule has 0 amide bonds. The highest BCUT2D eigenvalue weighted by Gasteiger charge is 2.41. The van der Waals surface area contributed by atoms with Crippen LogP contribution in [-0.2, 0) is 4.74 Å². The molecule has 0 radical (unpaired) electrons. The average Bonchev–Trinajstić information content (AvgIpc) is 2.54. The molecule has 0 aromatic rings. The number of aliphatic hydroxyl groups excluding tert-OH is 1. The molecule has 4 atom stereocenters. The molecule has 2 rings (SSSR count).